The van der Waals surface area contributed by atoms with Crippen LogP contribution in [-0.2, 0) is 11.2 Å². The first-order valence-electron chi connectivity index (χ1n) is 9.83. The second kappa shape index (κ2) is 9.43. The Morgan fingerprint density at radius 2 is 1.87 bits per heavy atom. The summed E-state index contributed by atoms with van der Waals surface area (Å²) in [6.07, 6.45) is 2.50. The lowest BCUT2D eigenvalue weighted by molar-refractivity contribution is -0.135. The third kappa shape index (κ3) is 5.16. The van der Waals surface area contributed by atoms with Crippen LogP contribution >= 0.6 is 0 Å². The summed E-state index contributed by atoms with van der Waals surface area (Å²) in [4.78, 5) is 33.7. The van der Waals surface area contributed by atoms with Gasteiger partial charge in [-0.15, -0.1) is 0 Å². The molecule has 1 aliphatic heterocycles. The van der Waals surface area contributed by atoms with Gasteiger partial charge in [-0.2, -0.15) is 0 Å². The molecule has 0 bridgehead atoms. The molecule has 0 unspecified atom stereocenters. The Bertz CT molecular complexity index is 908. The Labute approximate surface area is 174 Å². The van der Waals surface area contributed by atoms with E-state index in [1.165, 1.54) is 0 Å². The number of ether oxygens (including phenoxy) is 1. The van der Waals surface area contributed by atoms with Gasteiger partial charge in [0.05, 0.1) is 12.8 Å². The van der Waals surface area contributed by atoms with Crippen LogP contribution in [0.4, 0.5) is 5.69 Å². The van der Waals surface area contributed by atoms with Crippen molar-refractivity contribution in [1.82, 2.24) is 15.3 Å². The predicted octanol–water partition coefficient (Wildman–Crippen LogP) is 1.77. The Morgan fingerprint density at radius 3 is 2.47 bits per heavy atom. The molecule has 2 aromatic rings. The van der Waals surface area contributed by atoms with Gasteiger partial charge in [0.25, 0.3) is 5.91 Å². The first-order chi connectivity index (χ1) is 14.4. The minimum atomic E-state index is -1.17. The monoisotopic (exact) mass is 414 g/mol. The van der Waals surface area contributed by atoms with Gasteiger partial charge in [-0.1, -0.05) is 0 Å². The first-order valence-corrected chi connectivity index (χ1v) is 9.83. The minimum absolute atomic E-state index is 0.186. The summed E-state index contributed by atoms with van der Waals surface area (Å²) in [6.45, 7) is 2.86. The number of aryl methyl sites for hydroxylation is 1. The van der Waals surface area contributed by atoms with E-state index in [-0.39, 0.29) is 11.4 Å². The third-order valence-electron chi connectivity index (χ3n) is 5.24. The molecule has 30 heavy (non-hydrogen) atoms. The van der Waals surface area contributed by atoms with E-state index in [9.17, 15) is 14.7 Å². The molecule has 0 saturated carbocycles. The van der Waals surface area contributed by atoms with Crippen molar-refractivity contribution in [2.45, 2.75) is 26.2 Å². The second-order valence-electron chi connectivity index (χ2n) is 7.33. The summed E-state index contributed by atoms with van der Waals surface area (Å²) in [6, 6.07) is 8.00. The number of nitrogens with one attached hydrogen (secondary N) is 1. The zero-order valence-electron chi connectivity index (χ0n) is 17.1. The van der Waals surface area contributed by atoms with Crippen LogP contribution < -0.4 is 15.0 Å². The van der Waals surface area contributed by atoms with Crippen molar-refractivity contribution in [2.75, 3.05) is 31.6 Å². The van der Waals surface area contributed by atoms with Gasteiger partial charge in [-0.05, 0) is 49.9 Å². The Hall–Kier alpha value is -3.36. The second-order valence-corrected chi connectivity index (χ2v) is 7.33. The van der Waals surface area contributed by atoms with Gasteiger partial charge < -0.3 is 25.2 Å². The van der Waals surface area contributed by atoms with Crippen molar-refractivity contribution in [1.29, 1.82) is 0 Å². The zero-order chi connectivity index (χ0) is 21.7. The number of benzene rings is 1. The highest BCUT2D eigenvalue weighted by Gasteiger charge is 2.23. The van der Waals surface area contributed by atoms with Crippen LogP contribution in [0, 0.1) is 12.8 Å². The van der Waals surface area contributed by atoms with Gasteiger partial charge >= 0.3 is 5.97 Å². The summed E-state index contributed by atoms with van der Waals surface area (Å²) >= 11 is 0. The van der Waals surface area contributed by atoms with Crippen molar-refractivity contribution in [3.8, 4) is 11.5 Å². The van der Waals surface area contributed by atoms with Crippen molar-refractivity contribution >= 4 is 17.6 Å². The van der Waals surface area contributed by atoms with Gasteiger partial charge in [0.1, 0.15) is 18.1 Å². The number of carbonyl (C=O) groups is 2. The van der Waals surface area contributed by atoms with Gasteiger partial charge in [-0.3, -0.25) is 9.59 Å². The molecule has 1 aliphatic rings. The van der Waals surface area contributed by atoms with Crippen molar-refractivity contribution in [2.24, 2.45) is 5.92 Å². The van der Waals surface area contributed by atoms with Crippen molar-refractivity contribution < 1.29 is 24.5 Å². The average Bonchev–Trinajstić information content (AvgIpc) is 2.75. The molecule has 2 heterocycles. The maximum atomic E-state index is 12.2. The van der Waals surface area contributed by atoms with Crippen LogP contribution in [0.5, 0.6) is 11.5 Å². The number of aliphatic carboxylic acids is 1. The lowest BCUT2D eigenvalue weighted by atomic mass is 9.93. The number of carbonyl (C=O) groups excluding carboxylic acids is 1. The van der Waals surface area contributed by atoms with Gasteiger partial charge in [0, 0.05) is 25.2 Å². The van der Waals surface area contributed by atoms with E-state index in [2.05, 4.69) is 20.2 Å². The van der Waals surface area contributed by atoms with Crippen LogP contribution in [-0.4, -0.2) is 58.8 Å². The fraction of sp³-hybridized carbons (Fsp3) is 0.429. The molecule has 3 N–H and O–H groups in total. The van der Waals surface area contributed by atoms with Crippen molar-refractivity contribution in [3.63, 3.8) is 0 Å². The Morgan fingerprint density at radius 1 is 1.20 bits per heavy atom. The number of hydrogen-bond acceptors (Lipinski definition) is 7. The van der Waals surface area contributed by atoms with Crippen LogP contribution in [0.25, 0.3) is 0 Å². The van der Waals surface area contributed by atoms with E-state index in [1.54, 1.807) is 14.0 Å². The Kier molecular flexibility index (Phi) is 6.71. The standard InChI is InChI=1S/C21H26N4O5/c1-13-20(28)19(21(29)22-12-18(26)27)24-17(23-13)11-14-7-9-25(10-8-14)15-3-5-16(30-2)6-4-15/h3-6,14,28H,7-12H2,1-2H3,(H,22,29)(H,26,27). The van der Waals surface area contributed by atoms with E-state index in [1.807, 2.05) is 24.3 Å². The molecular formula is C21H26N4O5. The Balaban J connectivity index is 1.62. The number of carboxylic acid groups (broad SMARTS) is 1. The smallest absolute Gasteiger partial charge is 0.322 e. The summed E-state index contributed by atoms with van der Waals surface area (Å²) in [5, 5.41) is 21.1. The molecule has 3 rings (SSSR count). The molecule has 1 aromatic heterocycles. The molecule has 0 atom stereocenters. The predicted molar refractivity (Wildman–Crippen MR) is 110 cm³/mol. The highest BCUT2D eigenvalue weighted by molar-refractivity contribution is 5.96. The minimum Gasteiger partial charge on any atom is -0.504 e. The number of aromatic nitrogens is 2. The number of rotatable bonds is 7. The normalized spacial score (nSPS) is 14.4. The average molecular weight is 414 g/mol. The molecular weight excluding hydrogens is 388 g/mol. The number of nitrogens with zero attached hydrogens (tertiary/aromatic N) is 3. The molecule has 9 heteroatoms. The topological polar surface area (TPSA) is 125 Å². The number of piperidine rings is 1. The van der Waals surface area contributed by atoms with E-state index in [0.717, 1.165) is 37.4 Å². The van der Waals surface area contributed by atoms with Crippen molar-refractivity contribution in [3.05, 3.63) is 41.5 Å². The molecule has 0 aliphatic carbocycles. The molecule has 1 aromatic carbocycles. The van der Waals surface area contributed by atoms with E-state index >= 15 is 0 Å². The van der Waals surface area contributed by atoms with Gasteiger partial charge in [-0.25, -0.2) is 9.97 Å². The molecule has 1 saturated heterocycles. The molecule has 1 fully saturated rings. The number of amides is 1. The van der Waals surface area contributed by atoms with Crippen LogP contribution in [0.2, 0.25) is 0 Å². The summed E-state index contributed by atoms with van der Waals surface area (Å²) < 4.78 is 5.20. The fourth-order valence-electron chi connectivity index (χ4n) is 3.56. The summed E-state index contributed by atoms with van der Waals surface area (Å²) in [5.41, 5.74) is 1.27. The van der Waals surface area contributed by atoms with E-state index in [4.69, 9.17) is 9.84 Å². The maximum Gasteiger partial charge on any atom is 0.322 e. The van der Waals surface area contributed by atoms with Crippen LogP contribution in [0.15, 0.2) is 24.3 Å². The number of hydrogen-bond donors (Lipinski definition) is 3. The van der Waals surface area contributed by atoms with Gasteiger partial charge in [0.15, 0.2) is 11.4 Å². The third-order valence-corrected chi connectivity index (χ3v) is 5.24. The summed E-state index contributed by atoms with van der Waals surface area (Å²) in [5.74, 6) is -0.548. The number of anilines is 1. The SMILES string of the molecule is COc1ccc(N2CCC(Cc3nc(C)c(O)c(C(=O)NCC(=O)O)n3)CC2)cc1. The van der Waals surface area contributed by atoms with Gasteiger partial charge in [0.2, 0.25) is 0 Å². The van der Waals surface area contributed by atoms with Crippen LogP contribution in [0.1, 0.15) is 34.8 Å². The fourth-order valence-corrected chi connectivity index (χ4v) is 3.56. The molecule has 1 amide bonds. The summed E-state index contributed by atoms with van der Waals surface area (Å²) in [7, 11) is 1.65. The first kappa shape index (κ1) is 21.4. The number of methoxy groups -OCH3 is 1. The van der Waals surface area contributed by atoms with E-state index in [0.29, 0.717) is 23.9 Å². The largest absolute Gasteiger partial charge is 0.504 e. The quantitative estimate of drug-likeness (QED) is 0.626. The number of aromatic hydroxyl groups is 1. The molecule has 0 radical (unpaired) electrons. The number of carboxylic acids is 1. The molecule has 0 spiro atoms. The van der Waals surface area contributed by atoms with Crippen LogP contribution in [0.3, 0.4) is 0 Å². The zero-order valence-corrected chi connectivity index (χ0v) is 17.1. The lowest BCUT2D eigenvalue weighted by Gasteiger charge is -2.33. The molecule has 160 valence electrons. The highest BCUT2D eigenvalue weighted by Crippen LogP contribution is 2.27. The highest BCUT2D eigenvalue weighted by atomic mass is 16.5. The lowest BCUT2D eigenvalue weighted by Crippen LogP contribution is -2.34. The molecule has 9 nitrogen and oxygen atoms in total. The maximum absolute atomic E-state index is 12.2. The van der Waals surface area contributed by atoms with E-state index < -0.39 is 18.4 Å².